The third-order valence-corrected chi connectivity index (χ3v) is 8.47. The van der Waals surface area contributed by atoms with Crippen LogP contribution in [0.1, 0.15) is 36.5 Å². The van der Waals surface area contributed by atoms with E-state index in [2.05, 4.69) is 44.3 Å². The van der Waals surface area contributed by atoms with Gasteiger partial charge >= 0.3 is 12.5 Å². The largest absolute Gasteiger partial charge is 0.573 e. The van der Waals surface area contributed by atoms with Crippen LogP contribution in [0, 0.1) is 6.92 Å². The molecule has 49 heavy (non-hydrogen) atoms. The van der Waals surface area contributed by atoms with Crippen LogP contribution in [0.3, 0.4) is 0 Å². The average Bonchev–Trinajstić information content (AvgIpc) is 3.67. The summed E-state index contributed by atoms with van der Waals surface area (Å²) in [5.74, 6) is 0.348. The van der Waals surface area contributed by atoms with Gasteiger partial charge in [-0.15, -0.1) is 18.3 Å². The predicted molar refractivity (Wildman–Crippen MR) is 185 cm³/mol. The lowest BCUT2D eigenvalue weighted by Gasteiger charge is -2.24. The summed E-state index contributed by atoms with van der Waals surface area (Å²) >= 11 is 6.85. The summed E-state index contributed by atoms with van der Waals surface area (Å²) in [4.78, 5) is 35.7. The van der Waals surface area contributed by atoms with Gasteiger partial charge in [-0.05, 0) is 72.1 Å². The normalized spacial score (nSPS) is 14.7. The monoisotopic (exact) mass is 711 g/mol. The number of amidine groups is 1. The van der Waals surface area contributed by atoms with Crippen molar-refractivity contribution in [3.05, 3.63) is 89.7 Å². The Bertz CT molecular complexity index is 1860. The van der Waals surface area contributed by atoms with E-state index in [4.69, 9.17) is 17.0 Å². The highest BCUT2D eigenvalue weighted by Crippen LogP contribution is 2.35. The number of hydrogen-bond donors (Lipinski definition) is 2. The fourth-order valence-corrected chi connectivity index (χ4v) is 6.40. The van der Waals surface area contributed by atoms with E-state index in [0.717, 1.165) is 22.4 Å². The fourth-order valence-electron chi connectivity index (χ4n) is 5.25. The number of nitrogens with one attached hydrogen (secondary N) is 2. The minimum atomic E-state index is -4.78. The smallest absolute Gasteiger partial charge is 0.453 e. The lowest BCUT2D eigenvalue weighted by molar-refractivity contribution is -0.274. The van der Waals surface area contributed by atoms with E-state index in [0.29, 0.717) is 28.7 Å². The standard InChI is InChI=1S/C33H32F3N7O4S2/c1-19(2)28-20(3)6-5-7-25(28)43-27(44)17-49-31(43)40-30(48)38-26(39-32(45)46-4)16-21-8-10-22(11-9-21)29-37-18-42(41-29)23-12-14-24(15-13-23)47-33(34,35)36/h5-15,18-19,26H,16-17H2,1-4H3,(H,38,48)(H,39,45). The molecule has 0 radical (unpaired) electrons. The van der Waals surface area contributed by atoms with E-state index in [9.17, 15) is 22.8 Å². The van der Waals surface area contributed by atoms with Gasteiger partial charge in [-0.3, -0.25) is 9.69 Å². The second-order valence-corrected chi connectivity index (χ2v) is 12.5. The number of methoxy groups -OCH3 is 1. The van der Waals surface area contributed by atoms with Crippen molar-refractivity contribution < 1.29 is 32.2 Å². The van der Waals surface area contributed by atoms with Gasteiger partial charge in [0.05, 0.1) is 24.2 Å². The molecular weight excluding hydrogens is 680 g/mol. The first kappa shape index (κ1) is 35.3. The second-order valence-electron chi connectivity index (χ2n) is 11.2. The number of thioether (sulfide) groups is 1. The van der Waals surface area contributed by atoms with Gasteiger partial charge in [0.15, 0.2) is 16.1 Å². The van der Waals surface area contributed by atoms with E-state index in [1.54, 1.807) is 17.0 Å². The summed E-state index contributed by atoms with van der Waals surface area (Å²) in [5, 5.41) is 10.7. The maximum atomic E-state index is 13.0. The number of rotatable bonds is 9. The number of carbonyl (C=O) groups is 2. The van der Waals surface area contributed by atoms with Crippen molar-refractivity contribution in [2.24, 2.45) is 4.99 Å². The summed E-state index contributed by atoms with van der Waals surface area (Å²) < 4.78 is 47.6. The second kappa shape index (κ2) is 15.1. The molecule has 1 aliphatic rings. The first-order valence-corrected chi connectivity index (χ1v) is 16.4. The molecule has 2 heterocycles. The Morgan fingerprint density at radius 1 is 1.08 bits per heavy atom. The Balaban J connectivity index is 1.28. The Labute approximate surface area is 289 Å². The van der Waals surface area contributed by atoms with Crippen molar-refractivity contribution in [3.63, 3.8) is 0 Å². The van der Waals surface area contributed by atoms with Crippen LogP contribution in [0.4, 0.5) is 23.7 Å². The highest BCUT2D eigenvalue weighted by molar-refractivity contribution is 8.15. The van der Waals surface area contributed by atoms with E-state index in [-0.39, 0.29) is 28.4 Å². The van der Waals surface area contributed by atoms with Crippen molar-refractivity contribution in [1.82, 2.24) is 25.4 Å². The molecule has 1 aromatic heterocycles. The van der Waals surface area contributed by atoms with Crippen LogP contribution in [0.2, 0.25) is 0 Å². The highest BCUT2D eigenvalue weighted by atomic mass is 32.2. The molecule has 1 atom stereocenters. The molecule has 1 aliphatic heterocycles. The Kier molecular flexibility index (Phi) is 10.9. The van der Waals surface area contributed by atoms with Gasteiger partial charge in [-0.1, -0.05) is 62.0 Å². The zero-order chi connectivity index (χ0) is 35.3. The number of alkyl carbamates (subject to hydrolysis) is 1. The number of amides is 2. The Morgan fingerprint density at radius 3 is 2.45 bits per heavy atom. The molecule has 0 saturated carbocycles. The quantitative estimate of drug-likeness (QED) is 0.148. The number of alkyl halides is 3. The van der Waals surface area contributed by atoms with Gasteiger partial charge < -0.3 is 20.1 Å². The molecule has 16 heteroatoms. The maximum Gasteiger partial charge on any atom is 0.573 e. The molecule has 2 amide bonds. The topological polar surface area (TPSA) is 123 Å². The first-order chi connectivity index (χ1) is 23.3. The summed E-state index contributed by atoms with van der Waals surface area (Å²) in [6.07, 6.45) is -4.42. The Morgan fingerprint density at radius 2 is 1.80 bits per heavy atom. The summed E-state index contributed by atoms with van der Waals surface area (Å²) in [7, 11) is 1.25. The minimum absolute atomic E-state index is 0.0757. The summed E-state index contributed by atoms with van der Waals surface area (Å²) in [6, 6.07) is 18.3. The summed E-state index contributed by atoms with van der Waals surface area (Å²) in [6.45, 7) is 6.16. The third kappa shape index (κ3) is 8.94. The van der Waals surface area contributed by atoms with Gasteiger partial charge in [-0.2, -0.15) is 4.99 Å². The number of aromatic nitrogens is 3. The van der Waals surface area contributed by atoms with Gasteiger partial charge in [-0.25, -0.2) is 14.5 Å². The average molecular weight is 712 g/mol. The number of carbonyl (C=O) groups excluding carboxylic acids is 2. The SMILES string of the molecule is COC(=O)NC(Cc1ccc(-c2ncn(-c3ccc(OC(F)(F)F)cc3)n2)cc1)NC(=S)N=C1SCC(=O)N1c1cccc(C)c1C(C)C. The van der Waals surface area contributed by atoms with Crippen molar-refractivity contribution in [2.75, 3.05) is 17.8 Å². The van der Waals surface area contributed by atoms with Crippen molar-refractivity contribution in [3.8, 4) is 22.8 Å². The van der Waals surface area contributed by atoms with Crippen molar-refractivity contribution >= 4 is 51.9 Å². The van der Waals surface area contributed by atoms with Gasteiger partial charge in [0, 0.05) is 12.0 Å². The summed E-state index contributed by atoms with van der Waals surface area (Å²) in [5.41, 5.74) is 4.89. The van der Waals surface area contributed by atoms with Crippen LogP contribution >= 0.6 is 24.0 Å². The highest BCUT2D eigenvalue weighted by Gasteiger charge is 2.33. The van der Waals surface area contributed by atoms with Crippen molar-refractivity contribution in [1.29, 1.82) is 0 Å². The number of aryl methyl sites for hydroxylation is 1. The number of anilines is 1. The molecule has 0 bridgehead atoms. The van der Waals surface area contributed by atoms with E-state index in [1.807, 2.05) is 37.3 Å². The number of hydrogen-bond acceptors (Lipinski definition) is 8. The zero-order valence-corrected chi connectivity index (χ0v) is 28.4. The molecule has 0 aliphatic carbocycles. The molecule has 1 unspecified atom stereocenters. The van der Waals surface area contributed by atoms with E-state index in [1.165, 1.54) is 54.1 Å². The number of thiocarbonyl (C=S) groups is 1. The van der Waals surface area contributed by atoms with Crippen LogP contribution in [-0.4, -0.2) is 62.4 Å². The number of benzene rings is 3. The lowest BCUT2D eigenvalue weighted by Crippen LogP contribution is -2.48. The maximum absolute atomic E-state index is 13.0. The minimum Gasteiger partial charge on any atom is -0.453 e. The molecule has 3 aromatic carbocycles. The van der Waals surface area contributed by atoms with Crippen LogP contribution in [-0.2, 0) is 16.0 Å². The van der Waals surface area contributed by atoms with Crippen LogP contribution in [0.15, 0.2) is 78.0 Å². The molecule has 11 nitrogen and oxygen atoms in total. The van der Waals surface area contributed by atoms with Gasteiger partial charge in [0.25, 0.3) is 0 Å². The molecular formula is C33H32F3N7O4S2. The third-order valence-electron chi connectivity index (χ3n) is 7.34. The van der Waals surface area contributed by atoms with Crippen LogP contribution in [0.25, 0.3) is 17.1 Å². The number of aliphatic imine (C=N–C) groups is 1. The molecule has 1 fully saturated rings. The molecule has 256 valence electrons. The number of halogens is 3. The van der Waals surface area contributed by atoms with Gasteiger partial charge in [0.1, 0.15) is 18.2 Å². The van der Waals surface area contributed by atoms with Gasteiger partial charge in [0.2, 0.25) is 5.91 Å². The lowest BCUT2D eigenvalue weighted by atomic mass is 9.95. The predicted octanol–water partition coefficient (Wildman–Crippen LogP) is 6.50. The molecule has 0 spiro atoms. The van der Waals surface area contributed by atoms with Crippen LogP contribution in [0.5, 0.6) is 5.75 Å². The van der Waals surface area contributed by atoms with E-state index >= 15 is 0 Å². The van der Waals surface area contributed by atoms with E-state index < -0.39 is 18.6 Å². The first-order valence-electron chi connectivity index (χ1n) is 15.0. The Hall–Kier alpha value is -4.96. The number of ether oxygens (including phenoxy) is 2. The molecule has 1 saturated heterocycles. The molecule has 4 aromatic rings. The fraction of sp³-hybridized carbons (Fsp3) is 0.273. The number of nitrogens with zero attached hydrogens (tertiary/aromatic N) is 5. The zero-order valence-electron chi connectivity index (χ0n) is 26.8. The van der Waals surface area contributed by atoms with Crippen LogP contribution < -0.4 is 20.3 Å². The van der Waals surface area contributed by atoms with Crippen molar-refractivity contribution in [2.45, 2.75) is 45.6 Å². The molecule has 5 rings (SSSR count). The molecule has 2 N–H and O–H groups in total.